The van der Waals surface area contributed by atoms with Gasteiger partial charge in [0.05, 0.1) is 5.25 Å². The molecule has 2 fully saturated rings. The molecule has 0 bridgehead atoms. The molecule has 1 saturated carbocycles. The number of hydrogen-bond acceptors (Lipinski definition) is 3. The van der Waals surface area contributed by atoms with Crippen molar-refractivity contribution in [3.63, 3.8) is 0 Å². The Balaban J connectivity index is 1.66. The fourth-order valence-electron chi connectivity index (χ4n) is 1.87. The molecule has 5 heteroatoms. The third kappa shape index (κ3) is 2.68. The fourth-order valence-corrected chi connectivity index (χ4v) is 3.27. The van der Waals surface area contributed by atoms with Crippen molar-refractivity contribution in [2.45, 2.75) is 43.4 Å². The maximum Gasteiger partial charge on any atom is 0.214 e. The van der Waals surface area contributed by atoms with Crippen LogP contribution in [0.1, 0.15) is 32.1 Å². The van der Waals surface area contributed by atoms with Crippen molar-refractivity contribution >= 4 is 10.0 Å². The first-order valence-electron chi connectivity index (χ1n) is 5.40. The lowest BCUT2D eigenvalue weighted by Crippen LogP contribution is -2.32. The first-order valence-corrected chi connectivity index (χ1v) is 6.95. The highest BCUT2D eigenvalue weighted by molar-refractivity contribution is 7.90. The molecule has 2 N–H and O–H groups in total. The summed E-state index contributed by atoms with van der Waals surface area (Å²) < 4.78 is 25.6. The van der Waals surface area contributed by atoms with Gasteiger partial charge in [0.1, 0.15) is 0 Å². The van der Waals surface area contributed by atoms with Crippen LogP contribution in [0, 0.1) is 0 Å². The molecule has 2 aliphatic rings. The van der Waals surface area contributed by atoms with Crippen molar-refractivity contribution in [1.29, 1.82) is 0 Å². The molecule has 1 aliphatic heterocycles. The number of hydrogen-bond donors (Lipinski definition) is 2. The summed E-state index contributed by atoms with van der Waals surface area (Å²) in [4.78, 5) is 0. The zero-order valence-corrected chi connectivity index (χ0v) is 9.15. The third-order valence-electron chi connectivity index (χ3n) is 2.92. The first-order chi connectivity index (χ1) is 6.68. The van der Waals surface area contributed by atoms with Crippen LogP contribution < -0.4 is 10.0 Å². The summed E-state index contributed by atoms with van der Waals surface area (Å²) in [6.45, 7) is 1.68. The van der Waals surface area contributed by atoms with Crippen LogP contribution in [0.2, 0.25) is 0 Å². The summed E-state index contributed by atoms with van der Waals surface area (Å²) in [5.74, 6) is 0. The van der Waals surface area contributed by atoms with Gasteiger partial charge in [-0.25, -0.2) is 13.1 Å². The van der Waals surface area contributed by atoms with Crippen molar-refractivity contribution < 1.29 is 8.42 Å². The van der Waals surface area contributed by atoms with E-state index in [1.54, 1.807) is 0 Å². The first kappa shape index (κ1) is 10.4. The molecular formula is C9H18N2O2S. The van der Waals surface area contributed by atoms with Crippen LogP contribution in [0.4, 0.5) is 0 Å². The Hall–Kier alpha value is -0.130. The summed E-state index contributed by atoms with van der Waals surface area (Å²) in [5, 5.41) is 3.27. The molecule has 0 radical (unpaired) electrons. The maximum atomic E-state index is 11.4. The molecule has 1 heterocycles. The van der Waals surface area contributed by atoms with Crippen LogP contribution in [0.15, 0.2) is 0 Å². The van der Waals surface area contributed by atoms with Crippen molar-refractivity contribution in [1.82, 2.24) is 10.0 Å². The highest BCUT2D eigenvalue weighted by Crippen LogP contribution is 2.27. The minimum Gasteiger partial charge on any atom is -0.314 e. The zero-order valence-electron chi connectivity index (χ0n) is 8.33. The largest absolute Gasteiger partial charge is 0.314 e. The Morgan fingerprint density at radius 3 is 2.64 bits per heavy atom. The van der Waals surface area contributed by atoms with E-state index in [9.17, 15) is 8.42 Å². The van der Waals surface area contributed by atoms with E-state index in [0.29, 0.717) is 12.6 Å². The summed E-state index contributed by atoms with van der Waals surface area (Å²) in [6.07, 6.45) is 5.02. The highest BCUT2D eigenvalue weighted by Gasteiger charge is 2.35. The molecule has 0 aromatic rings. The Morgan fingerprint density at radius 1 is 1.29 bits per heavy atom. The Morgan fingerprint density at radius 2 is 2.07 bits per heavy atom. The average Bonchev–Trinajstić information content (AvgIpc) is 2.87. The van der Waals surface area contributed by atoms with E-state index >= 15 is 0 Å². The van der Waals surface area contributed by atoms with E-state index in [4.69, 9.17) is 0 Å². The van der Waals surface area contributed by atoms with Crippen molar-refractivity contribution in [3.05, 3.63) is 0 Å². The Labute approximate surface area is 85.5 Å². The van der Waals surface area contributed by atoms with Gasteiger partial charge in [0, 0.05) is 12.6 Å². The van der Waals surface area contributed by atoms with Crippen LogP contribution in [0.5, 0.6) is 0 Å². The Kier molecular flexibility index (Phi) is 3.09. The lowest BCUT2D eigenvalue weighted by molar-refractivity contribution is 0.539. The van der Waals surface area contributed by atoms with Crippen molar-refractivity contribution in [3.8, 4) is 0 Å². The molecule has 14 heavy (non-hydrogen) atoms. The predicted octanol–water partition coefficient (Wildman–Crippen LogP) is 0.210. The van der Waals surface area contributed by atoms with Crippen molar-refractivity contribution in [2.24, 2.45) is 0 Å². The van der Waals surface area contributed by atoms with E-state index in [0.717, 1.165) is 25.8 Å². The monoisotopic (exact) mass is 218 g/mol. The quantitative estimate of drug-likeness (QED) is 0.693. The van der Waals surface area contributed by atoms with Gasteiger partial charge in [-0.05, 0) is 38.6 Å². The van der Waals surface area contributed by atoms with Crippen LogP contribution in [-0.4, -0.2) is 32.8 Å². The molecule has 0 spiro atoms. The van der Waals surface area contributed by atoms with E-state index in [1.165, 1.54) is 12.8 Å². The van der Waals surface area contributed by atoms with Crippen LogP contribution in [-0.2, 0) is 10.0 Å². The molecule has 2 rings (SSSR count). The lowest BCUT2D eigenvalue weighted by atomic mass is 10.2. The molecular weight excluding hydrogens is 200 g/mol. The van der Waals surface area contributed by atoms with Crippen LogP contribution in [0.25, 0.3) is 0 Å². The van der Waals surface area contributed by atoms with Gasteiger partial charge in [-0.2, -0.15) is 0 Å². The van der Waals surface area contributed by atoms with Gasteiger partial charge in [-0.3, -0.25) is 0 Å². The second kappa shape index (κ2) is 4.16. The molecule has 1 saturated heterocycles. The second-order valence-electron chi connectivity index (χ2n) is 4.22. The molecule has 1 aliphatic carbocycles. The SMILES string of the molecule is O=S(=O)(NCCC1CCCN1)C1CC1. The van der Waals surface area contributed by atoms with E-state index in [1.807, 2.05) is 0 Å². The minimum atomic E-state index is -2.96. The lowest BCUT2D eigenvalue weighted by Gasteiger charge is -2.10. The smallest absolute Gasteiger partial charge is 0.214 e. The predicted molar refractivity (Wildman–Crippen MR) is 55.6 cm³/mol. The second-order valence-corrected chi connectivity index (χ2v) is 6.27. The van der Waals surface area contributed by atoms with Gasteiger partial charge in [0.25, 0.3) is 0 Å². The van der Waals surface area contributed by atoms with E-state index < -0.39 is 10.0 Å². The number of rotatable bonds is 5. The van der Waals surface area contributed by atoms with Gasteiger partial charge >= 0.3 is 0 Å². The van der Waals surface area contributed by atoms with E-state index in [-0.39, 0.29) is 5.25 Å². The molecule has 4 nitrogen and oxygen atoms in total. The average molecular weight is 218 g/mol. The fraction of sp³-hybridized carbons (Fsp3) is 1.00. The summed E-state index contributed by atoms with van der Waals surface area (Å²) in [7, 11) is -2.96. The highest BCUT2D eigenvalue weighted by atomic mass is 32.2. The molecule has 0 amide bonds. The Bertz CT molecular complexity index is 279. The van der Waals surface area contributed by atoms with E-state index in [2.05, 4.69) is 10.0 Å². The third-order valence-corrected chi connectivity index (χ3v) is 4.88. The molecule has 82 valence electrons. The summed E-state index contributed by atoms with van der Waals surface area (Å²) >= 11 is 0. The van der Waals surface area contributed by atoms with Crippen LogP contribution in [0.3, 0.4) is 0 Å². The van der Waals surface area contributed by atoms with Gasteiger partial charge < -0.3 is 5.32 Å². The summed E-state index contributed by atoms with van der Waals surface area (Å²) in [6, 6.07) is 0.525. The standard InChI is InChI=1S/C9H18N2O2S/c12-14(13,9-3-4-9)11-7-5-8-2-1-6-10-8/h8-11H,1-7H2. The number of sulfonamides is 1. The van der Waals surface area contributed by atoms with Gasteiger partial charge in [0.15, 0.2) is 0 Å². The van der Waals surface area contributed by atoms with Gasteiger partial charge in [-0.1, -0.05) is 0 Å². The van der Waals surface area contributed by atoms with Gasteiger partial charge in [-0.15, -0.1) is 0 Å². The maximum absolute atomic E-state index is 11.4. The normalized spacial score (nSPS) is 28.1. The number of nitrogens with one attached hydrogen (secondary N) is 2. The molecule has 1 unspecified atom stereocenters. The molecule has 0 aromatic heterocycles. The topological polar surface area (TPSA) is 58.2 Å². The molecule has 1 atom stereocenters. The van der Waals surface area contributed by atoms with Crippen molar-refractivity contribution in [2.75, 3.05) is 13.1 Å². The van der Waals surface area contributed by atoms with Gasteiger partial charge in [0.2, 0.25) is 10.0 Å². The zero-order chi connectivity index (χ0) is 10.0. The molecule has 0 aromatic carbocycles. The van der Waals surface area contributed by atoms with Crippen LogP contribution >= 0.6 is 0 Å². The minimum absolute atomic E-state index is 0.0842. The summed E-state index contributed by atoms with van der Waals surface area (Å²) in [5.41, 5.74) is 0.